The Morgan fingerprint density at radius 3 is 1.89 bits per heavy atom. The molecule has 0 aromatic heterocycles. The van der Waals surface area contributed by atoms with Crippen LogP contribution in [0.5, 0.6) is 0 Å². The summed E-state index contributed by atoms with van der Waals surface area (Å²) in [4.78, 5) is 18.4. The number of nitrogens with one attached hydrogen (secondary N) is 1. The average molecular weight is 131 g/mol. The summed E-state index contributed by atoms with van der Waals surface area (Å²) in [5, 5.41) is 0. The summed E-state index contributed by atoms with van der Waals surface area (Å²) < 4.78 is 0. The normalized spacial score (nSPS) is 5.89. The van der Waals surface area contributed by atoms with Crippen molar-refractivity contribution in [2.24, 2.45) is 11.6 Å². The molecule has 0 heterocycles. The van der Waals surface area contributed by atoms with Crippen molar-refractivity contribution >= 4 is 12.3 Å². The Bertz CT molecular complexity index is 96.0. The minimum absolute atomic E-state index is 0.639. The second-order valence-electron chi connectivity index (χ2n) is 0.880. The first-order chi connectivity index (χ1) is 4.18. The lowest BCUT2D eigenvalue weighted by molar-refractivity contribution is -0.104. The predicted octanol–water partition coefficient (Wildman–Crippen LogP) is -1.10. The molecule has 0 atom stereocenters. The Balaban J connectivity index is 0. The minimum Gasteiger partial charge on any atom is -0.351 e. The van der Waals surface area contributed by atoms with Crippen molar-refractivity contribution in [1.82, 2.24) is 5.43 Å². The summed E-state index contributed by atoms with van der Waals surface area (Å²) in [5.74, 6) is 4.45. The van der Waals surface area contributed by atoms with E-state index in [2.05, 4.69) is 18.2 Å². The number of urea groups is 1. The molecule has 0 saturated heterocycles. The van der Waals surface area contributed by atoms with Gasteiger partial charge in [0.2, 0.25) is 0 Å². The van der Waals surface area contributed by atoms with Crippen LogP contribution >= 0.6 is 0 Å². The van der Waals surface area contributed by atoms with Gasteiger partial charge < -0.3 is 5.73 Å². The lowest BCUT2D eigenvalue weighted by Gasteiger charge is -1.81. The number of amides is 2. The lowest BCUT2D eigenvalue weighted by atomic mass is 10.8. The number of hydrogen-bond acceptors (Lipinski definition) is 3. The first-order valence-electron chi connectivity index (χ1n) is 2.01. The van der Waals surface area contributed by atoms with Crippen molar-refractivity contribution in [3.05, 3.63) is 12.7 Å². The van der Waals surface area contributed by atoms with E-state index in [0.29, 0.717) is 6.29 Å². The number of nitrogens with two attached hydrogens (primary N) is 2. The number of aldehydes is 1. The van der Waals surface area contributed by atoms with E-state index in [1.807, 2.05) is 0 Å². The zero-order valence-electron chi connectivity index (χ0n) is 4.83. The van der Waals surface area contributed by atoms with Gasteiger partial charge in [-0.3, -0.25) is 10.2 Å². The van der Waals surface area contributed by atoms with Crippen LogP contribution in [0.4, 0.5) is 4.79 Å². The van der Waals surface area contributed by atoms with Crippen LogP contribution in [0.25, 0.3) is 0 Å². The molecule has 0 aromatic rings. The van der Waals surface area contributed by atoms with Gasteiger partial charge in [-0.2, -0.15) is 0 Å². The Morgan fingerprint density at radius 2 is 1.89 bits per heavy atom. The van der Waals surface area contributed by atoms with Crippen molar-refractivity contribution in [2.75, 3.05) is 0 Å². The molecule has 0 radical (unpaired) electrons. The molecule has 2 amide bonds. The van der Waals surface area contributed by atoms with Crippen LogP contribution in [0.2, 0.25) is 0 Å². The molecule has 0 saturated carbocycles. The maximum Gasteiger partial charge on any atom is 0.326 e. The van der Waals surface area contributed by atoms with E-state index in [9.17, 15) is 4.79 Å². The molecule has 0 aromatic carbocycles. The SMILES string of the molecule is C=CC=O.NNC(N)=O. The summed E-state index contributed by atoms with van der Waals surface area (Å²) in [7, 11) is 0. The highest BCUT2D eigenvalue weighted by molar-refractivity contribution is 5.70. The molecule has 5 nitrogen and oxygen atoms in total. The van der Waals surface area contributed by atoms with E-state index >= 15 is 0 Å². The topological polar surface area (TPSA) is 98.2 Å². The van der Waals surface area contributed by atoms with Gasteiger partial charge in [-0.15, -0.1) is 0 Å². The maximum atomic E-state index is 9.35. The molecule has 0 bridgehead atoms. The van der Waals surface area contributed by atoms with Crippen molar-refractivity contribution in [1.29, 1.82) is 0 Å². The highest BCUT2D eigenvalue weighted by Crippen LogP contribution is 1.35. The highest BCUT2D eigenvalue weighted by atomic mass is 16.2. The number of allylic oxidation sites excluding steroid dienone is 1. The fourth-order valence-corrected chi connectivity index (χ4v) is 0. The summed E-state index contributed by atoms with van der Waals surface area (Å²) in [5.41, 5.74) is 6.08. The number of primary amides is 1. The Labute approximate surface area is 52.7 Å². The van der Waals surface area contributed by atoms with Crippen molar-refractivity contribution < 1.29 is 9.59 Å². The smallest absolute Gasteiger partial charge is 0.326 e. The van der Waals surface area contributed by atoms with Crippen LogP contribution in [-0.4, -0.2) is 12.3 Å². The van der Waals surface area contributed by atoms with Gasteiger partial charge in [0.15, 0.2) is 0 Å². The van der Waals surface area contributed by atoms with Gasteiger partial charge in [0, 0.05) is 0 Å². The third-order valence-electron chi connectivity index (χ3n) is 0.238. The molecule has 0 rings (SSSR count). The zero-order valence-corrected chi connectivity index (χ0v) is 4.83. The quantitative estimate of drug-likeness (QED) is 0.138. The predicted molar refractivity (Wildman–Crippen MR) is 33.2 cm³/mol. The van der Waals surface area contributed by atoms with Gasteiger partial charge in [0.05, 0.1) is 0 Å². The molecule has 0 aliphatic rings. The summed E-state index contributed by atoms with van der Waals surface area (Å²) in [6.07, 6.45) is 1.83. The molecule has 0 aliphatic carbocycles. The van der Waals surface area contributed by atoms with Crippen LogP contribution in [-0.2, 0) is 4.79 Å². The summed E-state index contributed by atoms with van der Waals surface area (Å²) in [6.45, 7) is 3.11. The molecule has 9 heavy (non-hydrogen) atoms. The monoisotopic (exact) mass is 131 g/mol. The molecule has 5 heteroatoms. The van der Waals surface area contributed by atoms with Gasteiger partial charge in [0.1, 0.15) is 6.29 Å². The fraction of sp³-hybridized carbons (Fsp3) is 0. The molecule has 5 N–H and O–H groups in total. The standard InChI is InChI=1S/C3H4O.CH5N3O/c1-2-3-4;2-1(5)4-3/h2-3H,1H2;3H2,(H3,2,4,5). The fourth-order valence-electron chi connectivity index (χ4n) is 0. The third kappa shape index (κ3) is 53.2. The largest absolute Gasteiger partial charge is 0.351 e. The van der Waals surface area contributed by atoms with Gasteiger partial charge in [-0.05, 0) is 6.08 Å². The zero-order chi connectivity index (χ0) is 7.70. The number of carbonyl (C=O) groups is 2. The number of carbonyl (C=O) groups excluding carboxylic acids is 2. The highest BCUT2D eigenvalue weighted by Gasteiger charge is 1.73. The van der Waals surface area contributed by atoms with Gasteiger partial charge in [0.25, 0.3) is 0 Å². The minimum atomic E-state index is -0.718. The first-order valence-corrected chi connectivity index (χ1v) is 2.01. The molecular formula is C4H9N3O2. The van der Waals surface area contributed by atoms with Gasteiger partial charge in [-0.25, -0.2) is 10.6 Å². The van der Waals surface area contributed by atoms with E-state index in [-0.39, 0.29) is 0 Å². The lowest BCUT2D eigenvalue weighted by Crippen LogP contribution is -2.34. The Morgan fingerprint density at radius 1 is 1.67 bits per heavy atom. The number of hydrazine groups is 1. The molecular weight excluding hydrogens is 122 g/mol. The van der Waals surface area contributed by atoms with E-state index in [0.717, 1.165) is 0 Å². The van der Waals surface area contributed by atoms with Crippen molar-refractivity contribution in [3.63, 3.8) is 0 Å². The molecule has 0 fully saturated rings. The van der Waals surface area contributed by atoms with Crippen LogP contribution < -0.4 is 17.0 Å². The molecule has 0 spiro atoms. The van der Waals surface area contributed by atoms with E-state index in [1.165, 1.54) is 6.08 Å². The van der Waals surface area contributed by atoms with Gasteiger partial charge in [-0.1, -0.05) is 6.58 Å². The Kier molecular flexibility index (Phi) is 11.5. The number of hydrogen-bond donors (Lipinski definition) is 3. The molecule has 0 unspecified atom stereocenters. The second-order valence-corrected chi connectivity index (χ2v) is 0.880. The molecule has 0 aliphatic heterocycles. The number of rotatable bonds is 1. The van der Waals surface area contributed by atoms with Crippen molar-refractivity contribution in [2.45, 2.75) is 0 Å². The van der Waals surface area contributed by atoms with E-state index < -0.39 is 6.03 Å². The van der Waals surface area contributed by atoms with Crippen LogP contribution in [0.3, 0.4) is 0 Å². The Hall–Kier alpha value is -1.36. The summed E-state index contributed by atoms with van der Waals surface area (Å²) in [6, 6.07) is -0.718. The maximum absolute atomic E-state index is 9.35. The van der Waals surface area contributed by atoms with Crippen LogP contribution in [0.15, 0.2) is 12.7 Å². The average Bonchev–Trinajstić information content (AvgIpc) is 1.89. The van der Waals surface area contributed by atoms with Crippen molar-refractivity contribution in [3.8, 4) is 0 Å². The van der Waals surface area contributed by atoms with E-state index in [1.54, 1.807) is 5.43 Å². The molecule has 52 valence electrons. The summed E-state index contributed by atoms with van der Waals surface area (Å²) >= 11 is 0. The van der Waals surface area contributed by atoms with Crippen LogP contribution in [0.1, 0.15) is 0 Å². The third-order valence-corrected chi connectivity index (χ3v) is 0.238. The first kappa shape index (κ1) is 10.6. The van der Waals surface area contributed by atoms with E-state index in [4.69, 9.17) is 4.79 Å². The van der Waals surface area contributed by atoms with Gasteiger partial charge >= 0.3 is 6.03 Å². The second kappa shape index (κ2) is 9.81. The van der Waals surface area contributed by atoms with Crippen LogP contribution in [0, 0.1) is 0 Å².